The predicted molar refractivity (Wildman–Crippen MR) is 127 cm³/mol. The van der Waals surface area contributed by atoms with Crippen molar-refractivity contribution in [3.8, 4) is 0 Å². The molecule has 2 aromatic rings. The molecular formula is C22H36N8. The van der Waals surface area contributed by atoms with E-state index >= 15 is 0 Å². The molecule has 8 N–H and O–H groups in total. The Bertz CT molecular complexity index is 639. The molecule has 0 unspecified atom stereocenters. The van der Waals surface area contributed by atoms with Gasteiger partial charge in [0, 0.05) is 22.7 Å². The average Bonchev–Trinajstić information content (AvgIpc) is 2.75. The van der Waals surface area contributed by atoms with E-state index in [1.165, 1.54) is 11.4 Å². The van der Waals surface area contributed by atoms with Gasteiger partial charge in [-0.15, -0.1) is 0 Å². The third-order valence-electron chi connectivity index (χ3n) is 5.14. The molecule has 0 radical (unpaired) electrons. The van der Waals surface area contributed by atoms with Crippen molar-refractivity contribution in [3.63, 3.8) is 0 Å². The van der Waals surface area contributed by atoms with Gasteiger partial charge in [-0.25, -0.2) is 0 Å². The average molecular weight is 413 g/mol. The van der Waals surface area contributed by atoms with E-state index in [2.05, 4.69) is 55.3 Å². The maximum Gasteiger partial charge on any atom is 0.0695 e. The van der Waals surface area contributed by atoms with Crippen LogP contribution >= 0.6 is 0 Å². The second-order valence-corrected chi connectivity index (χ2v) is 7.60. The Morgan fingerprint density at radius 3 is 1.10 bits per heavy atom. The minimum Gasteiger partial charge on any atom is -0.399 e. The van der Waals surface area contributed by atoms with Crippen LogP contribution in [0.2, 0.25) is 0 Å². The van der Waals surface area contributed by atoms with E-state index in [-0.39, 0.29) is 0 Å². The molecule has 1 aliphatic heterocycles. The van der Waals surface area contributed by atoms with Crippen LogP contribution in [0.3, 0.4) is 0 Å². The number of nitrogens with one attached hydrogen (secondary N) is 4. The normalized spacial score (nSPS) is 18.3. The summed E-state index contributed by atoms with van der Waals surface area (Å²) < 4.78 is 0. The van der Waals surface area contributed by atoms with Gasteiger partial charge in [0.1, 0.15) is 0 Å². The van der Waals surface area contributed by atoms with E-state index in [1.807, 2.05) is 24.3 Å². The molecule has 0 saturated carbocycles. The summed E-state index contributed by atoms with van der Waals surface area (Å²) in [5.41, 5.74) is 15.6. The fraction of sp³-hybridized carbons (Fsp3) is 0.455. The van der Waals surface area contributed by atoms with Crippen molar-refractivity contribution in [2.75, 3.05) is 74.1 Å². The molecule has 8 nitrogen and oxygen atoms in total. The van der Waals surface area contributed by atoms with E-state index in [4.69, 9.17) is 11.5 Å². The van der Waals surface area contributed by atoms with Gasteiger partial charge in [-0.2, -0.15) is 0 Å². The molecule has 0 aromatic heterocycles. The predicted octanol–water partition coefficient (Wildman–Crippen LogP) is 1.15. The van der Waals surface area contributed by atoms with Gasteiger partial charge in [0.15, 0.2) is 0 Å². The third kappa shape index (κ3) is 7.38. The smallest absolute Gasteiger partial charge is 0.0695 e. The summed E-state index contributed by atoms with van der Waals surface area (Å²) in [6.45, 7) is 7.02. The molecule has 8 heteroatoms. The third-order valence-corrected chi connectivity index (χ3v) is 5.14. The van der Waals surface area contributed by atoms with Crippen molar-refractivity contribution in [3.05, 3.63) is 48.5 Å². The fourth-order valence-electron chi connectivity index (χ4n) is 3.38. The van der Waals surface area contributed by atoms with Crippen LogP contribution in [0.4, 0.5) is 22.7 Å². The van der Waals surface area contributed by atoms with Crippen molar-refractivity contribution in [2.45, 2.75) is 12.8 Å². The van der Waals surface area contributed by atoms with E-state index in [9.17, 15) is 0 Å². The lowest BCUT2D eigenvalue weighted by molar-refractivity contribution is 0.526. The summed E-state index contributed by atoms with van der Waals surface area (Å²) >= 11 is 0. The Hall–Kier alpha value is -2.52. The number of nitrogens with zero attached hydrogens (tertiary/aromatic N) is 2. The van der Waals surface area contributed by atoms with Crippen LogP contribution in [-0.4, -0.2) is 52.9 Å². The molecule has 0 spiro atoms. The Kier molecular flexibility index (Phi) is 9.04. The largest absolute Gasteiger partial charge is 0.399 e. The number of benzene rings is 2. The number of rotatable bonds is 2. The Morgan fingerprint density at radius 1 is 0.500 bits per heavy atom. The van der Waals surface area contributed by atoms with Gasteiger partial charge >= 0.3 is 0 Å². The quantitative estimate of drug-likeness (QED) is 0.408. The van der Waals surface area contributed by atoms with Gasteiger partial charge in [0.2, 0.25) is 0 Å². The summed E-state index contributed by atoms with van der Waals surface area (Å²) in [5, 5.41) is 14.2. The van der Waals surface area contributed by atoms with Crippen molar-refractivity contribution >= 4 is 22.7 Å². The lowest BCUT2D eigenvalue weighted by atomic mass is 10.2. The van der Waals surface area contributed by atoms with E-state index in [0.717, 1.165) is 77.1 Å². The first kappa shape index (κ1) is 22.2. The molecule has 1 saturated heterocycles. The topological polar surface area (TPSA) is 107 Å². The number of hydrogen-bond acceptors (Lipinski definition) is 8. The van der Waals surface area contributed by atoms with Crippen LogP contribution in [0, 0.1) is 0 Å². The second kappa shape index (κ2) is 12.2. The molecule has 0 atom stereocenters. The number of nitrogen functional groups attached to an aromatic ring is 2. The summed E-state index contributed by atoms with van der Waals surface area (Å²) in [5.74, 6) is 0. The summed E-state index contributed by atoms with van der Waals surface area (Å²) in [4.78, 5) is 4.60. The zero-order valence-electron chi connectivity index (χ0n) is 17.7. The molecule has 1 fully saturated rings. The number of nitrogens with two attached hydrogens (primary N) is 2. The standard InChI is InChI=1S/C22H36N8/c23-19-3-7-21(8-4-19)29-15-25-11-1-12-26-16-30(18-28-14-2-13-27-17-29)22-9-5-20(24)6-10-22/h3-10,25-28H,1-2,11-18,23-24H2. The number of hydrogen-bond donors (Lipinski definition) is 6. The van der Waals surface area contributed by atoms with Gasteiger partial charge < -0.3 is 21.3 Å². The first-order valence-corrected chi connectivity index (χ1v) is 10.8. The highest BCUT2D eigenvalue weighted by molar-refractivity contribution is 5.53. The second-order valence-electron chi connectivity index (χ2n) is 7.60. The summed E-state index contributed by atoms with van der Waals surface area (Å²) in [7, 11) is 0. The van der Waals surface area contributed by atoms with Crippen LogP contribution in [0.1, 0.15) is 12.8 Å². The zero-order chi connectivity index (χ0) is 21.0. The van der Waals surface area contributed by atoms with Crippen LogP contribution in [0.25, 0.3) is 0 Å². The maximum absolute atomic E-state index is 5.84. The lowest BCUT2D eigenvalue weighted by Crippen LogP contribution is -2.44. The highest BCUT2D eigenvalue weighted by atomic mass is 15.3. The highest BCUT2D eigenvalue weighted by Gasteiger charge is 2.08. The molecular weight excluding hydrogens is 376 g/mol. The van der Waals surface area contributed by atoms with Crippen molar-refractivity contribution in [1.82, 2.24) is 21.3 Å². The molecule has 164 valence electrons. The Morgan fingerprint density at radius 2 is 0.800 bits per heavy atom. The van der Waals surface area contributed by atoms with Crippen LogP contribution in [0.15, 0.2) is 48.5 Å². The van der Waals surface area contributed by atoms with Gasteiger partial charge in [-0.3, -0.25) is 21.3 Å². The molecule has 2 aromatic carbocycles. The maximum atomic E-state index is 5.84. The zero-order valence-corrected chi connectivity index (χ0v) is 17.7. The van der Waals surface area contributed by atoms with Crippen LogP contribution < -0.4 is 42.5 Å². The Labute approximate surface area is 180 Å². The molecule has 0 aliphatic carbocycles. The van der Waals surface area contributed by atoms with Crippen LogP contribution in [-0.2, 0) is 0 Å². The summed E-state index contributed by atoms with van der Waals surface area (Å²) in [6.07, 6.45) is 2.12. The highest BCUT2D eigenvalue weighted by Crippen LogP contribution is 2.16. The van der Waals surface area contributed by atoms with Crippen molar-refractivity contribution in [2.24, 2.45) is 0 Å². The Balaban J connectivity index is 1.52. The first-order valence-electron chi connectivity index (χ1n) is 10.8. The van der Waals surface area contributed by atoms with Crippen molar-refractivity contribution < 1.29 is 0 Å². The van der Waals surface area contributed by atoms with Gasteiger partial charge in [-0.1, -0.05) is 0 Å². The SMILES string of the molecule is Nc1ccc(N2CNCCCNCN(c3ccc(N)cc3)CNCCCNC2)cc1. The van der Waals surface area contributed by atoms with Gasteiger partial charge in [0.25, 0.3) is 0 Å². The van der Waals surface area contributed by atoms with Gasteiger partial charge in [-0.05, 0) is 87.6 Å². The number of anilines is 4. The minimum absolute atomic E-state index is 0.791. The lowest BCUT2D eigenvalue weighted by Gasteiger charge is -2.27. The molecule has 1 heterocycles. The molecule has 30 heavy (non-hydrogen) atoms. The first-order chi connectivity index (χ1) is 14.7. The molecule has 1 aliphatic rings. The molecule has 0 amide bonds. The molecule has 0 bridgehead atoms. The fourth-order valence-corrected chi connectivity index (χ4v) is 3.38. The van der Waals surface area contributed by atoms with E-state index in [1.54, 1.807) is 0 Å². The van der Waals surface area contributed by atoms with E-state index < -0.39 is 0 Å². The minimum atomic E-state index is 0.791. The van der Waals surface area contributed by atoms with E-state index in [0.29, 0.717) is 0 Å². The summed E-state index contributed by atoms with van der Waals surface area (Å²) in [6, 6.07) is 16.1. The molecule has 3 rings (SSSR count). The van der Waals surface area contributed by atoms with Crippen LogP contribution in [0.5, 0.6) is 0 Å². The van der Waals surface area contributed by atoms with Gasteiger partial charge in [0.05, 0.1) is 26.7 Å². The monoisotopic (exact) mass is 412 g/mol. The van der Waals surface area contributed by atoms with Crippen molar-refractivity contribution in [1.29, 1.82) is 0 Å².